The molecule has 0 atom stereocenters. The van der Waals surface area contributed by atoms with E-state index in [1.807, 2.05) is 27.7 Å². The van der Waals surface area contributed by atoms with Crippen LogP contribution in [0.5, 0.6) is 0 Å². The lowest BCUT2D eigenvalue weighted by atomic mass is 10.2. The van der Waals surface area contributed by atoms with Gasteiger partial charge in [0.15, 0.2) is 0 Å². The van der Waals surface area contributed by atoms with Crippen LogP contribution in [0.15, 0.2) is 21.8 Å². The van der Waals surface area contributed by atoms with Crippen molar-refractivity contribution < 1.29 is 4.79 Å². The largest absolute Gasteiger partial charge is 0.322 e. The van der Waals surface area contributed by atoms with Crippen molar-refractivity contribution in [2.45, 2.75) is 27.7 Å². The van der Waals surface area contributed by atoms with Crippen LogP contribution in [0.2, 0.25) is 0 Å². The molecule has 3 heteroatoms. The SMILES string of the molecule is CC.CC1=C(C)/C(=C/Br)NC1=O. The second-order valence-electron chi connectivity index (χ2n) is 2.23. The fraction of sp³-hybridized carbons (Fsp3) is 0.444. The molecule has 0 fully saturated rings. The van der Waals surface area contributed by atoms with Crippen LogP contribution in [-0.4, -0.2) is 5.91 Å². The Kier molecular flexibility index (Phi) is 4.90. The molecule has 0 unspecified atom stereocenters. The van der Waals surface area contributed by atoms with Crippen LogP contribution in [0.1, 0.15) is 27.7 Å². The zero-order valence-electron chi connectivity index (χ0n) is 7.86. The standard InChI is InChI=1S/C7H8BrNO.C2H6/c1-4-5(2)7(10)9-6(4)3-8;1-2/h3H,1-2H3,(H,9,10);1-2H3/b6-3-;. The molecule has 2 nitrogen and oxygen atoms in total. The quantitative estimate of drug-likeness (QED) is 0.683. The monoisotopic (exact) mass is 231 g/mol. The Hall–Kier alpha value is -0.570. The van der Waals surface area contributed by atoms with Gasteiger partial charge in [-0.3, -0.25) is 4.79 Å². The maximum absolute atomic E-state index is 10.9. The molecule has 68 valence electrons. The Morgan fingerprint density at radius 1 is 1.25 bits per heavy atom. The highest BCUT2D eigenvalue weighted by Gasteiger charge is 2.18. The molecule has 0 saturated heterocycles. The van der Waals surface area contributed by atoms with Gasteiger partial charge in [0.1, 0.15) is 0 Å². The first-order valence-electron chi connectivity index (χ1n) is 3.96. The average Bonchev–Trinajstić information content (AvgIpc) is 2.36. The first-order valence-corrected chi connectivity index (χ1v) is 4.88. The van der Waals surface area contributed by atoms with Gasteiger partial charge in [-0.25, -0.2) is 0 Å². The first-order chi connectivity index (χ1) is 5.66. The van der Waals surface area contributed by atoms with Gasteiger partial charge in [0.05, 0.1) is 5.70 Å². The number of allylic oxidation sites excluding steroid dienone is 1. The van der Waals surface area contributed by atoms with Gasteiger partial charge in [0.2, 0.25) is 0 Å². The number of nitrogens with one attached hydrogen (secondary N) is 1. The van der Waals surface area contributed by atoms with Crippen molar-refractivity contribution in [2.24, 2.45) is 0 Å². The summed E-state index contributed by atoms with van der Waals surface area (Å²) in [5.41, 5.74) is 2.68. The topological polar surface area (TPSA) is 29.1 Å². The van der Waals surface area contributed by atoms with Crippen molar-refractivity contribution in [3.8, 4) is 0 Å². The molecule has 0 bridgehead atoms. The predicted octanol–water partition coefficient (Wildman–Crippen LogP) is 2.72. The Balaban J connectivity index is 0.000000561. The van der Waals surface area contributed by atoms with E-state index < -0.39 is 0 Å². The normalized spacial score (nSPS) is 19.1. The van der Waals surface area contributed by atoms with Crippen molar-refractivity contribution in [1.82, 2.24) is 5.32 Å². The van der Waals surface area contributed by atoms with E-state index >= 15 is 0 Å². The Labute approximate surface area is 81.9 Å². The van der Waals surface area contributed by atoms with Crippen molar-refractivity contribution in [2.75, 3.05) is 0 Å². The van der Waals surface area contributed by atoms with E-state index in [1.54, 1.807) is 4.99 Å². The van der Waals surface area contributed by atoms with Gasteiger partial charge in [-0.1, -0.05) is 29.8 Å². The van der Waals surface area contributed by atoms with E-state index in [9.17, 15) is 4.79 Å². The highest BCUT2D eigenvalue weighted by Crippen LogP contribution is 2.19. The van der Waals surface area contributed by atoms with Gasteiger partial charge < -0.3 is 5.32 Å². The molecule has 0 aliphatic carbocycles. The summed E-state index contributed by atoms with van der Waals surface area (Å²) in [6.07, 6.45) is 0. The minimum absolute atomic E-state index is 0.00296. The molecule has 1 rings (SSSR count). The maximum Gasteiger partial charge on any atom is 0.251 e. The highest BCUT2D eigenvalue weighted by atomic mass is 79.9. The van der Waals surface area contributed by atoms with Gasteiger partial charge >= 0.3 is 0 Å². The zero-order valence-corrected chi connectivity index (χ0v) is 9.45. The average molecular weight is 232 g/mol. The molecule has 0 aromatic carbocycles. The molecule has 1 heterocycles. The summed E-state index contributed by atoms with van der Waals surface area (Å²) in [7, 11) is 0. The lowest BCUT2D eigenvalue weighted by Gasteiger charge is -1.94. The van der Waals surface area contributed by atoms with E-state index in [4.69, 9.17) is 0 Å². The Morgan fingerprint density at radius 2 is 1.75 bits per heavy atom. The summed E-state index contributed by atoms with van der Waals surface area (Å²) < 4.78 is 0. The van der Waals surface area contributed by atoms with Crippen LogP contribution >= 0.6 is 15.9 Å². The third-order valence-corrected chi connectivity index (χ3v) is 2.12. The number of carbonyl (C=O) groups excluding carboxylic acids is 1. The molecule has 0 aromatic heterocycles. The molecule has 1 aliphatic heterocycles. The fourth-order valence-corrected chi connectivity index (χ4v) is 1.25. The fourth-order valence-electron chi connectivity index (χ4n) is 0.791. The van der Waals surface area contributed by atoms with Crippen LogP contribution < -0.4 is 5.32 Å². The molecule has 0 aromatic rings. The first kappa shape index (κ1) is 11.4. The number of rotatable bonds is 0. The second kappa shape index (κ2) is 5.14. The molecule has 1 N–H and O–H groups in total. The molecular formula is C9H14BrNO. The lowest BCUT2D eigenvalue weighted by Crippen LogP contribution is -2.14. The van der Waals surface area contributed by atoms with Crippen LogP contribution in [0.3, 0.4) is 0 Å². The maximum atomic E-state index is 10.9. The third kappa shape index (κ3) is 2.21. The van der Waals surface area contributed by atoms with Crippen LogP contribution in [0.4, 0.5) is 0 Å². The predicted molar refractivity (Wildman–Crippen MR) is 54.9 cm³/mol. The van der Waals surface area contributed by atoms with Gasteiger partial charge in [0, 0.05) is 10.6 Å². The van der Waals surface area contributed by atoms with E-state index in [0.29, 0.717) is 0 Å². The van der Waals surface area contributed by atoms with E-state index in [-0.39, 0.29) is 5.91 Å². The highest BCUT2D eigenvalue weighted by molar-refractivity contribution is 9.11. The van der Waals surface area contributed by atoms with Gasteiger partial charge in [-0.2, -0.15) is 0 Å². The van der Waals surface area contributed by atoms with E-state index in [0.717, 1.165) is 16.8 Å². The van der Waals surface area contributed by atoms with Gasteiger partial charge in [-0.15, -0.1) is 0 Å². The van der Waals surface area contributed by atoms with E-state index in [2.05, 4.69) is 21.2 Å². The molecule has 1 aliphatic rings. The Bertz CT molecular complexity index is 241. The second-order valence-corrected chi connectivity index (χ2v) is 2.68. The van der Waals surface area contributed by atoms with E-state index in [1.165, 1.54) is 0 Å². The molecule has 0 spiro atoms. The third-order valence-electron chi connectivity index (χ3n) is 1.66. The van der Waals surface area contributed by atoms with Gasteiger partial charge in [0.25, 0.3) is 5.91 Å². The Morgan fingerprint density at radius 3 is 1.92 bits per heavy atom. The zero-order chi connectivity index (χ0) is 9.72. The van der Waals surface area contributed by atoms with Crippen LogP contribution in [-0.2, 0) is 4.79 Å². The summed E-state index contributed by atoms with van der Waals surface area (Å²) in [5, 5.41) is 2.70. The molecule has 0 radical (unpaired) electrons. The minimum Gasteiger partial charge on any atom is -0.322 e. The molecule has 1 amide bonds. The summed E-state index contributed by atoms with van der Waals surface area (Å²) >= 11 is 3.16. The van der Waals surface area contributed by atoms with Crippen molar-refractivity contribution in [3.05, 3.63) is 21.8 Å². The molecular weight excluding hydrogens is 218 g/mol. The van der Waals surface area contributed by atoms with Crippen LogP contribution in [0, 0.1) is 0 Å². The molecule has 12 heavy (non-hydrogen) atoms. The minimum atomic E-state index is 0.00296. The van der Waals surface area contributed by atoms with Crippen molar-refractivity contribution in [1.29, 1.82) is 0 Å². The van der Waals surface area contributed by atoms with Gasteiger partial charge in [-0.05, 0) is 19.4 Å². The summed E-state index contributed by atoms with van der Waals surface area (Å²) in [4.78, 5) is 12.6. The summed E-state index contributed by atoms with van der Waals surface area (Å²) in [6, 6.07) is 0. The number of hydrogen-bond donors (Lipinski definition) is 1. The van der Waals surface area contributed by atoms with Crippen molar-refractivity contribution >= 4 is 21.8 Å². The smallest absolute Gasteiger partial charge is 0.251 e. The number of carbonyl (C=O) groups is 1. The van der Waals surface area contributed by atoms with Crippen LogP contribution in [0.25, 0.3) is 0 Å². The number of hydrogen-bond acceptors (Lipinski definition) is 1. The lowest BCUT2D eigenvalue weighted by molar-refractivity contribution is -0.116. The number of halogens is 1. The number of amides is 1. The molecule has 0 saturated carbocycles. The summed E-state index contributed by atoms with van der Waals surface area (Å²) in [5.74, 6) is 0.00296. The van der Waals surface area contributed by atoms with Crippen molar-refractivity contribution in [3.63, 3.8) is 0 Å². The summed E-state index contributed by atoms with van der Waals surface area (Å²) in [6.45, 7) is 7.73.